The minimum atomic E-state index is -0.734. The third-order valence-corrected chi connectivity index (χ3v) is 2.96. The predicted octanol–water partition coefficient (Wildman–Crippen LogP) is 2.09. The summed E-state index contributed by atoms with van der Waals surface area (Å²) in [5, 5.41) is 3.12. The molecule has 2 atom stereocenters. The number of ether oxygens (including phenoxy) is 2. The van der Waals surface area contributed by atoms with Crippen LogP contribution in [0.5, 0.6) is 5.75 Å². The van der Waals surface area contributed by atoms with Gasteiger partial charge in [-0.3, -0.25) is 4.79 Å². The second-order valence-electron chi connectivity index (χ2n) is 4.42. The van der Waals surface area contributed by atoms with E-state index in [0.29, 0.717) is 10.8 Å². The number of methoxy groups -OCH3 is 1. The maximum absolute atomic E-state index is 11.9. The molecule has 0 saturated carbocycles. The van der Waals surface area contributed by atoms with Crippen LogP contribution in [0.2, 0.25) is 5.02 Å². The fraction of sp³-hybridized carbons (Fsp3) is 0.429. The molecule has 0 fully saturated rings. The van der Waals surface area contributed by atoms with Gasteiger partial charge in [0.2, 0.25) is 0 Å². The highest BCUT2D eigenvalue weighted by molar-refractivity contribution is 6.30. The number of benzene rings is 1. The van der Waals surface area contributed by atoms with Crippen molar-refractivity contribution in [3.8, 4) is 5.75 Å². The number of halogens is 1. The monoisotopic (exact) mass is 299 g/mol. The van der Waals surface area contributed by atoms with Crippen molar-refractivity contribution in [2.45, 2.75) is 32.9 Å². The van der Waals surface area contributed by atoms with Crippen molar-refractivity contribution in [2.24, 2.45) is 0 Å². The second kappa shape index (κ2) is 7.14. The van der Waals surface area contributed by atoms with Gasteiger partial charge >= 0.3 is 5.97 Å². The highest BCUT2D eigenvalue weighted by atomic mass is 35.5. The quantitative estimate of drug-likeness (QED) is 0.846. The van der Waals surface area contributed by atoms with Gasteiger partial charge in [0.1, 0.15) is 11.8 Å². The topological polar surface area (TPSA) is 64.6 Å². The van der Waals surface area contributed by atoms with E-state index in [-0.39, 0.29) is 0 Å². The summed E-state index contributed by atoms with van der Waals surface area (Å²) in [5.74, 6) is -0.326. The Labute approximate surface area is 123 Å². The van der Waals surface area contributed by atoms with Crippen LogP contribution in [0.1, 0.15) is 19.4 Å². The zero-order valence-electron chi connectivity index (χ0n) is 11.9. The molecule has 6 heteroatoms. The van der Waals surface area contributed by atoms with Crippen LogP contribution in [-0.2, 0) is 14.3 Å². The molecule has 5 nitrogen and oxygen atoms in total. The Hall–Kier alpha value is -1.75. The summed E-state index contributed by atoms with van der Waals surface area (Å²) >= 11 is 5.85. The standard InChI is InChI=1S/C14H18ClNO4/c1-8-7-11(15)5-6-12(8)20-10(3)13(17)16-9(2)14(18)19-4/h5-7,9-10H,1-4H3,(H,16,17). The van der Waals surface area contributed by atoms with Crippen molar-refractivity contribution >= 4 is 23.5 Å². The molecular weight excluding hydrogens is 282 g/mol. The Morgan fingerprint density at radius 2 is 1.95 bits per heavy atom. The van der Waals surface area contributed by atoms with Gasteiger partial charge in [-0.2, -0.15) is 0 Å². The van der Waals surface area contributed by atoms with Crippen LogP contribution in [0.3, 0.4) is 0 Å². The molecule has 0 aliphatic rings. The molecular formula is C14H18ClNO4. The predicted molar refractivity (Wildman–Crippen MR) is 75.9 cm³/mol. The maximum atomic E-state index is 11.9. The van der Waals surface area contributed by atoms with Gasteiger partial charge in [-0.25, -0.2) is 4.79 Å². The van der Waals surface area contributed by atoms with Crippen LogP contribution < -0.4 is 10.1 Å². The molecule has 0 spiro atoms. The van der Waals surface area contributed by atoms with E-state index < -0.39 is 24.0 Å². The first kappa shape index (κ1) is 16.3. The number of nitrogens with one attached hydrogen (secondary N) is 1. The Morgan fingerprint density at radius 1 is 1.30 bits per heavy atom. The largest absolute Gasteiger partial charge is 0.481 e. The van der Waals surface area contributed by atoms with E-state index in [1.807, 2.05) is 6.92 Å². The van der Waals surface area contributed by atoms with Crippen molar-refractivity contribution in [1.29, 1.82) is 0 Å². The molecule has 1 rings (SSSR count). The van der Waals surface area contributed by atoms with E-state index in [9.17, 15) is 9.59 Å². The van der Waals surface area contributed by atoms with Gasteiger partial charge in [0.05, 0.1) is 7.11 Å². The van der Waals surface area contributed by atoms with Crippen LogP contribution in [0, 0.1) is 6.92 Å². The number of hydrogen-bond donors (Lipinski definition) is 1. The summed E-state index contributed by atoms with van der Waals surface area (Å²) in [4.78, 5) is 23.1. The molecule has 1 N–H and O–H groups in total. The Morgan fingerprint density at radius 3 is 2.50 bits per heavy atom. The molecule has 0 aliphatic heterocycles. The lowest BCUT2D eigenvalue weighted by Gasteiger charge is -2.18. The van der Waals surface area contributed by atoms with E-state index in [1.54, 1.807) is 32.0 Å². The van der Waals surface area contributed by atoms with Crippen molar-refractivity contribution in [3.05, 3.63) is 28.8 Å². The maximum Gasteiger partial charge on any atom is 0.328 e. The lowest BCUT2D eigenvalue weighted by atomic mass is 10.2. The number of carbonyl (C=O) groups is 2. The van der Waals surface area contributed by atoms with Crippen LogP contribution in [0.25, 0.3) is 0 Å². The van der Waals surface area contributed by atoms with E-state index in [2.05, 4.69) is 10.1 Å². The molecule has 2 unspecified atom stereocenters. The van der Waals surface area contributed by atoms with Gasteiger partial charge in [-0.15, -0.1) is 0 Å². The molecule has 0 aromatic heterocycles. The number of carbonyl (C=O) groups excluding carboxylic acids is 2. The smallest absolute Gasteiger partial charge is 0.328 e. The lowest BCUT2D eigenvalue weighted by molar-refractivity contribution is -0.145. The number of rotatable bonds is 5. The summed E-state index contributed by atoms with van der Waals surface area (Å²) in [6.45, 7) is 4.99. The highest BCUT2D eigenvalue weighted by Crippen LogP contribution is 2.22. The normalized spacial score (nSPS) is 13.2. The molecule has 0 aliphatic carbocycles. The van der Waals surface area contributed by atoms with Gasteiger partial charge in [-0.1, -0.05) is 11.6 Å². The molecule has 0 radical (unpaired) electrons. The average molecular weight is 300 g/mol. The number of hydrogen-bond acceptors (Lipinski definition) is 4. The number of esters is 1. The fourth-order valence-electron chi connectivity index (χ4n) is 1.56. The number of aryl methyl sites for hydroxylation is 1. The highest BCUT2D eigenvalue weighted by Gasteiger charge is 2.21. The Bertz CT molecular complexity index is 504. The average Bonchev–Trinajstić information content (AvgIpc) is 2.40. The zero-order valence-corrected chi connectivity index (χ0v) is 12.7. The molecule has 1 amide bonds. The second-order valence-corrected chi connectivity index (χ2v) is 4.86. The van der Waals surface area contributed by atoms with Crippen LogP contribution in [0.15, 0.2) is 18.2 Å². The van der Waals surface area contributed by atoms with Gasteiger partial charge < -0.3 is 14.8 Å². The Kier molecular flexibility index (Phi) is 5.82. The first-order chi connectivity index (χ1) is 9.35. The molecule has 1 aromatic rings. The SMILES string of the molecule is COC(=O)C(C)NC(=O)C(C)Oc1ccc(Cl)cc1C. The van der Waals surface area contributed by atoms with Crippen LogP contribution in [-0.4, -0.2) is 31.1 Å². The van der Waals surface area contributed by atoms with E-state index in [1.165, 1.54) is 7.11 Å². The molecule has 20 heavy (non-hydrogen) atoms. The first-order valence-electron chi connectivity index (χ1n) is 6.16. The minimum absolute atomic E-state index is 0.391. The number of amides is 1. The fourth-order valence-corrected chi connectivity index (χ4v) is 1.78. The minimum Gasteiger partial charge on any atom is -0.481 e. The van der Waals surface area contributed by atoms with Gasteiger partial charge in [0, 0.05) is 5.02 Å². The van der Waals surface area contributed by atoms with Crippen molar-refractivity contribution in [1.82, 2.24) is 5.32 Å². The first-order valence-corrected chi connectivity index (χ1v) is 6.54. The molecule has 0 heterocycles. The summed E-state index contributed by atoms with van der Waals surface area (Å²) in [5.41, 5.74) is 0.832. The zero-order chi connectivity index (χ0) is 15.3. The van der Waals surface area contributed by atoms with Gasteiger partial charge in [0.25, 0.3) is 5.91 Å². The lowest BCUT2D eigenvalue weighted by Crippen LogP contribution is -2.45. The summed E-state index contributed by atoms with van der Waals surface area (Å²) in [6.07, 6.45) is -0.734. The Balaban J connectivity index is 2.64. The van der Waals surface area contributed by atoms with Crippen LogP contribution >= 0.6 is 11.6 Å². The summed E-state index contributed by atoms with van der Waals surface area (Å²) < 4.78 is 10.1. The van der Waals surface area contributed by atoms with Crippen LogP contribution in [0.4, 0.5) is 0 Å². The molecule has 110 valence electrons. The summed E-state index contributed by atoms with van der Waals surface area (Å²) in [7, 11) is 1.27. The van der Waals surface area contributed by atoms with E-state index in [0.717, 1.165) is 5.56 Å². The third-order valence-electron chi connectivity index (χ3n) is 2.72. The van der Waals surface area contributed by atoms with E-state index >= 15 is 0 Å². The molecule has 0 bridgehead atoms. The molecule has 1 aromatic carbocycles. The molecule has 0 saturated heterocycles. The van der Waals surface area contributed by atoms with E-state index in [4.69, 9.17) is 16.3 Å². The van der Waals surface area contributed by atoms with Gasteiger partial charge in [0.15, 0.2) is 6.10 Å². The van der Waals surface area contributed by atoms with Crippen molar-refractivity contribution < 1.29 is 19.1 Å². The van der Waals surface area contributed by atoms with Crippen molar-refractivity contribution in [2.75, 3.05) is 7.11 Å². The summed E-state index contributed by atoms with van der Waals surface area (Å²) in [6, 6.07) is 4.42. The van der Waals surface area contributed by atoms with Gasteiger partial charge in [-0.05, 0) is 44.5 Å². The van der Waals surface area contributed by atoms with Crippen molar-refractivity contribution in [3.63, 3.8) is 0 Å². The third kappa shape index (κ3) is 4.42.